The molecule has 5 nitrogen and oxygen atoms in total. The molecule has 5 atom stereocenters. The van der Waals surface area contributed by atoms with Gasteiger partial charge in [-0.15, -0.1) is 0 Å². The highest BCUT2D eigenvalue weighted by atomic mass is 16.5. The second-order valence-electron chi connectivity index (χ2n) is 8.04. The predicted octanol–water partition coefficient (Wildman–Crippen LogP) is 1.09. The number of hydrogen-bond acceptors (Lipinski definition) is 4. The Hall–Kier alpha value is -0.650. The van der Waals surface area contributed by atoms with Gasteiger partial charge in [-0.05, 0) is 31.1 Å². The van der Waals surface area contributed by atoms with Crippen molar-refractivity contribution >= 4 is 5.91 Å². The minimum absolute atomic E-state index is 0.0822. The van der Waals surface area contributed by atoms with Crippen molar-refractivity contribution in [2.75, 3.05) is 39.4 Å². The van der Waals surface area contributed by atoms with Crippen molar-refractivity contribution in [3.05, 3.63) is 0 Å². The Labute approximate surface area is 139 Å². The number of carbonyl (C=O) groups excluding carboxylic acids is 1. The van der Waals surface area contributed by atoms with Gasteiger partial charge in [-0.1, -0.05) is 19.8 Å². The van der Waals surface area contributed by atoms with Crippen LogP contribution in [-0.4, -0.2) is 73.2 Å². The van der Waals surface area contributed by atoms with Crippen molar-refractivity contribution in [2.45, 2.75) is 57.2 Å². The first-order valence-electron chi connectivity index (χ1n) is 9.59. The molecule has 1 saturated carbocycles. The number of fused-ring (bicyclic) bond motifs is 1. The van der Waals surface area contributed by atoms with Crippen LogP contribution in [-0.2, 0) is 9.53 Å². The lowest BCUT2D eigenvalue weighted by Gasteiger charge is -2.34. The number of nitrogens with one attached hydrogen (secondary N) is 1. The van der Waals surface area contributed by atoms with Crippen molar-refractivity contribution in [3.8, 4) is 0 Å². The van der Waals surface area contributed by atoms with Gasteiger partial charge in [0.15, 0.2) is 0 Å². The van der Waals surface area contributed by atoms with E-state index in [4.69, 9.17) is 4.74 Å². The largest absolute Gasteiger partial charge is 0.379 e. The number of morpholine rings is 1. The summed E-state index contributed by atoms with van der Waals surface area (Å²) in [5.74, 6) is 1.68. The van der Waals surface area contributed by atoms with Crippen LogP contribution in [0.4, 0.5) is 0 Å². The molecule has 5 heteroatoms. The lowest BCUT2D eigenvalue weighted by molar-refractivity contribution is -0.132. The van der Waals surface area contributed by atoms with Crippen LogP contribution in [0.15, 0.2) is 0 Å². The van der Waals surface area contributed by atoms with Gasteiger partial charge in [0.05, 0.1) is 19.3 Å². The second kappa shape index (κ2) is 6.69. The van der Waals surface area contributed by atoms with Crippen LogP contribution >= 0.6 is 0 Å². The monoisotopic (exact) mass is 321 g/mol. The molecule has 0 aromatic heterocycles. The first-order chi connectivity index (χ1) is 11.2. The summed E-state index contributed by atoms with van der Waals surface area (Å²) in [5, 5.41) is 3.65. The topological polar surface area (TPSA) is 44.8 Å². The van der Waals surface area contributed by atoms with Crippen molar-refractivity contribution in [1.82, 2.24) is 15.1 Å². The number of ether oxygens (including phenoxy) is 1. The Kier molecular flexibility index (Phi) is 4.61. The summed E-state index contributed by atoms with van der Waals surface area (Å²) in [5.41, 5.74) is 0. The average molecular weight is 321 g/mol. The van der Waals surface area contributed by atoms with E-state index in [0.717, 1.165) is 51.7 Å². The molecule has 0 radical (unpaired) electrons. The van der Waals surface area contributed by atoms with E-state index in [1.807, 2.05) is 0 Å². The molecule has 3 aliphatic heterocycles. The van der Waals surface area contributed by atoms with Crippen molar-refractivity contribution in [2.24, 2.45) is 11.8 Å². The third-order valence-electron chi connectivity index (χ3n) is 6.56. The summed E-state index contributed by atoms with van der Waals surface area (Å²) in [7, 11) is 0. The van der Waals surface area contributed by atoms with Gasteiger partial charge in [-0.2, -0.15) is 0 Å². The standard InChI is InChI=1S/C18H31N3O2/c1-13-11-21(12-17(13)20-6-8-23-9-7-20)18(22)16-10-14-4-2-3-5-15(14)19-16/h13-17,19H,2-12H2,1H3. The summed E-state index contributed by atoms with van der Waals surface area (Å²) in [6.07, 6.45) is 6.32. The first kappa shape index (κ1) is 15.9. The molecular formula is C18H31N3O2. The highest BCUT2D eigenvalue weighted by Crippen LogP contribution is 2.34. The molecule has 4 aliphatic rings. The van der Waals surface area contributed by atoms with Crippen LogP contribution in [0.5, 0.6) is 0 Å². The van der Waals surface area contributed by atoms with E-state index in [1.165, 1.54) is 25.7 Å². The number of likely N-dealkylation sites (tertiary alicyclic amines) is 1. The lowest BCUT2D eigenvalue weighted by atomic mass is 9.85. The van der Waals surface area contributed by atoms with Gasteiger partial charge in [0.2, 0.25) is 5.91 Å². The molecule has 23 heavy (non-hydrogen) atoms. The smallest absolute Gasteiger partial charge is 0.239 e. The van der Waals surface area contributed by atoms with Gasteiger partial charge in [-0.25, -0.2) is 0 Å². The Balaban J connectivity index is 1.36. The number of carbonyl (C=O) groups is 1. The summed E-state index contributed by atoms with van der Waals surface area (Å²) in [4.78, 5) is 17.7. The zero-order chi connectivity index (χ0) is 15.8. The second-order valence-corrected chi connectivity index (χ2v) is 8.04. The zero-order valence-corrected chi connectivity index (χ0v) is 14.4. The highest BCUT2D eigenvalue weighted by Gasteiger charge is 2.43. The van der Waals surface area contributed by atoms with Crippen LogP contribution in [0.25, 0.3) is 0 Å². The van der Waals surface area contributed by atoms with Crippen LogP contribution in [0.1, 0.15) is 39.0 Å². The molecule has 0 bridgehead atoms. The Bertz CT molecular complexity index is 424. The zero-order valence-electron chi connectivity index (χ0n) is 14.4. The van der Waals surface area contributed by atoms with E-state index in [9.17, 15) is 4.79 Å². The third-order valence-corrected chi connectivity index (χ3v) is 6.56. The molecule has 130 valence electrons. The van der Waals surface area contributed by atoms with Crippen molar-refractivity contribution in [3.63, 3.8) is 0 Å². The summed E-state index contributed by atoms with van der Waals surface area (Å²) < 4.78 is 5.47. The van der Waals surface area contributed by atoms with Crippen molar-refractivity contribution < 1.29 is 9.53 Å². The van der Waals surface area contributed by atoms with Crippen LogP contribution < -0.4 is 5.32 Å². The molecule has 1 aliphatic carbocycles. The molecule has 0 spiro atoms. The molecule has 1 amide bonds. The molecule has 4 fully saturated rings. The van der Waals surface area contributed by atoms with Gasteiger partial charge < -0.3 is 15.0 Å². The number of nitrogens with zero attached hydrogens (tertiary/aromatic N) is 2. The maximum atomic E-state index is 13.0. The van der Waals surface area contributed by atoms with E-state index >= 15 is 0 Å². The molecule has 0 aromatic carbocycles. The van der Waals surface area contributed by atoms with Crippen LogP contribution in [0.3, 0.4) is 0 Å². The molecule has 1 N–H and O–H groups in total. The SMILES string of the molecule is CC1CN(C(=O)C2CC3CCCCC3N2)CC1N1CCOCC1. The fourth-order valence-corrected chi connectivity index (χ4v) is 5.24. The number of rotatable bonds is 2. The first-order valence-corrected chi connectivity index (χ1v) is 9.59. The molecule has 5 unspecified atom stereocenters. The lowest BCUT2D eigenvalue weighted by Crippen LogP contribution is -2.48. The third kappa shape index (κ3) is 3.15. The van der Waals surface area contributed by atoms with E-state index in [0.29, 0.717) is 23.9 Å². The maximum Gasteiger partial charge on any atom is 0.239 e. The molecule has 3 saturated heterocycles. The van der Waals surface area contributed by atoms with E-state index < -0.39 is 0 Å². The predicted molar refractivity (Wildman–Crippen MR) is 89.2 cm³/mol. The van der Waals surface area contributed by atoms with Gasteiger partial charge in [0.25, 0.3) is 0 Å². The summed E-state index contributed by atoms with van der Waals surface area (Å²) >= 11 is 0. The maximum absolute atomic E-state index is 13.0. The quantitative estimate of drug-likeness (QED) is 0.827. The Morgan fingerprint density at radius 2 is 1.91 bits per heavy atom. The highest BCUT2D eigenvalue weighted by molar-refractivity contribution is 5.82. The summed E-state index contributed by atoms with van der Waals surface area (Å²) in [6, 6.07) is 1.21. The molecule has 3 heterocycles. The van der Waals surface area contributed by atoms with E-state index in [2.05, 4.69) is 22.0 Å². The fourth-order valence-electron chi connectivity index (χ4n) is 5.24. The van der Waals surface area contributed by atoms with Gasteiger partial charge in [-0.3, -0.25) is 9.69 Å². The molecule has 0 aromatic rings. The van der Waals surface area contributed by atoms with Crippen LogP contribution in [0, 0.1) is 11.8 Å². The van der Waals surface area contributed by atoms with Gasteiger partial charge in [0.1, 0.15) is 0 Å². The minimum Gasteiger partial charge on any atom is -0.379 e. The summed E-state index contributed by atoms with van der Waals surface area (Å²) in [6.45, 7) is 7.85. The van der Waals surface area contributed by atoms with E-state index in [1.54, 1.807) is 0 Å². The van der Waals surface area contributed by atoms with Crippen LogP contribution in [0.2, 0.25) is 0 Å². The van der Waals surface area contributed by atoms with E-state index in [-0.39, 0.29) is 6.04 Å². The van der Waals surface area contributed by atoms with Crippen molar-refractivity contribution in [1.29, 1.82) is 0 Å². The molecular weight excluding hydrogens is 290 g/mol. The Morgan fingerprint density at radius 3 is 2.70 bits per heavy atom. The average Bonchev–Trinajstić information content (AvgIpc) is 3.18. The number of hydrogen-bond donors (Lipinski definition) is 1. The minimum atomic E-state index is 0.0822. The van der Waals surface area contributed by atoms with Gasteiger partial charge in [0, 0.05) is 38.3 Å². The normalized spacial score (nSPS) is 42.0. The van der Waals surface area contributed by atoms with Gasteiger partial charge >= 0.3 is 0 Å². The number of amides is 1. The molecule has 4 rings (SSSR count). The Morgan fingerprint density at radius 1 is 1.13 bits per heavy atom. The fraction of sp³-hybridized carbons (Fsp3) is 0.944.